The molecule has 0 spiro atoms. The summed E-state index contributed by atoms with van der Waals surface area (Å²) in [5.74, 6) is -1.48. The largest absolute Gasteiger partial charge is 0.474 e. The lowest BCUT2D eigenvalue weighted by molar-refractivity contribution is -0.386. The zero-order valence-electron chi connectivity index (χ0n) is 16.4. The molecule has 0 aliphatic heterocycles. The number of ether oxygens (including phenoxy) is 2. The van der Waals surface area contributed by atoms with Gasteiger partial charge in [-0.1, -0.05) is 12.1 Å². The average molecular weight is 381 g/mol. The van der Waals surface area contributed by atoms with Crippen molar-refractivity contribution in [2.45, 2.75) is 64.9 Å². The molecule has 0 saturated carbocycles. The highest BCUT2D eigenvalue weighted by Crippen LogP contribution is 2.27. The van der Waals surface area contributed by atoms with Crippen LogP contribution in [0.25, 0.3) is 0 Å². The van der Waals surface area contributed by atoms with E-state index in [1.807, 2.05) is 20.8 Å². The van der Waals surface area contributed by atoms with Gasteiger partial charge in [-0.25, -0.2) is 0 Å². The van der Waals surface area contributed by atoms with E-state index >= 15 is 0 Å². The Kier molecular flexibility index (Phi) is 6.91. The van der Waals surface area contributed by atoms with Crippen LogP contribution in [0.15, 0.2) is 24.3 Å². The van der Waals surface area contributed by atoms with Crippen molar-refractivity contribution in [1.29, 1.82) is 0 Å². The SMILES string of the molecule is CC(Oc1ccccc1[N+](=O)[O-])C(=O)N[C@](C)(C(N)=O)[C@@H](C)OC(C)(C)C. The summed E-state index contributed by atoms with van der Waals surface area (Å²) in [5, 5.41) is 13.6. The third kappa shape index (κ3) is 5.92. The zero-order chi connectivity index (χ0) is 21.0. The maximum Gasteiger partial charge on any atom is 0.310 e. The highest BCUT2D eigenvalue weighted by molar-refractivity contribution is 5.92. The van der Waals surface area contributed by atoms with Crippen molar-refractivity contribution < 1.29 is 24.0 Å². The normalized spacial score (nSPS) is 15.9. The van der Waals surface area contributed by atoms with Crippen molar-refractivity contribution in [3.05, 3.63) is 34.4 Å². The molecule has 0 aromatic heterocycles. The van der Waals surface area contributed by atoms with Crippen molar-refractivity contribution in [3.8, 4) is 5.75 Å². The van der Waals surface area contributed by atoms with Crippen LogP contribution in [0.3, 0.4) is 0 Å². The van der Waals surface area contributed by atoms with Gasteiger partial charge >= 0.3 is 5.69 Å². The van der Waals surface area contributed by atoms with Crippen molar-refractivity contribution in [2.24, 2.45) is 5.73 Å². The Morgan fingerprint density at radius 2 is 1.74 bits per heavy atom. The molecule has 0 bridgehead atoms. The smallest absolute Gasteiger partial charge is 0.310 e. The number of nitrogens with zero attached hydrogens (tertiary/aromatic N) is 1. The lowest BCUT2D eigenvalue weighted by Crippen LogP contribution is -2.64. The van der Waals surface area contributed by atoms with Gasteiger partial charge in [-0.15, -0.1) is 0 Å². The number of amides is 2. The molecule has 9 nitrogen and oxygen atoms in total. The second-order valence-corrected chi connectivity index (χ2v) is 7.41. The van der Waals surface area contributed by atoms with Crippen LogP contribution in [-0.4, -0.2) is 40.1 Å². The van der Waals surface area contributed by atoms with Gasteiger partial charge in [-0.2, -0.15) is 0 Å². The monoisotopic (exact) mass is 381 g/mol. The minimum atomic E-state index is -1.50. The first-order valence-corrected chi connectivity index (χ1v) is 8.47. The van der Waals surface area contributed by atoms with Crippen LogP contribution in [0, 0.1) is 10.1 Å². The minimum Gasteiger partial charge on any atom is -0.474 e. The van der Waals surface area contributed by atoms with Crippen LogP contribution < -0.4 is 15.8 Å². The first-order valence-electron chi connectivity index (χ1n) is 8.47. The number of nitrogens with two attached hydrogens (primary N) is 1. The van der Waals surface area contributed by atoms with Gasteiger partial charge in [0.05, 0.1) is 16.6 Å². The van der Waals surface area contributed by atoms with Crippen molar-refractivity contribution in [2.75, 3.05) is 0 Å². The van der Waals surface area contributed by atoms with Crippen LogP contribution in [-0.2, 0) is 14.3 Å². The molecule has 1 aromatic rings. The number of para-hydroxylation sites is 2. The second-order valence-electron chi connectivity index (χ2n) is 7.41. The molecular formula is C18H27N3O6. The fourth-order valence-electron chi connectivity index (χ4n) is 2.32. The summed E-state index contributed by atoms with van der Waals surface area (Å²) in [6.07, 6.45) is -1.83. The molecule has 0 fully saturated rings. The summed E-state index contributed by atoms with van der Waals surface area (Å²) in [6, 6.07) is 5.71. The molecule has 3 N–H and O–H groups in total. The molecule has 1 unspecified atom stereocenters. The summed E-state index contributed by atoms with van der Waals surface area (Å²) in [4.78, 5) is 35.0. The van der Waals surface area contributed by atoms with E-state index in [4.69, 9.17) is 15.2 Å². The molecule has 9 heteroatoms. The van der Waals surface area contributed by atoms with Crippen LogP contribution in [0.1, 0.15) is 41.5 Å². The van der Waals surface area contributed by atoms with Gasteiger partial charge in [0.25, 0.3) is 5.91 Å². The molecule has 0 aliphatic carbocycles. The van der Waals surface area contributed by atoms with Gasteiger partial charge in [0.1, 0.15) is 5.54 Å². The van der Waals surface area contributed by atoms with E-state index < -0.39 is 40.1 Å². The Morgan fingerprint density at radius 3 is 2.22 bits per heavy atom. The van der Waals surface area contributed by atoms with Gasteiger partial charge in [0, 0.05) is 6.07 Å². The van der Waals surface area contributed by atoms with Gasteiger partial charge in [0.2, 0.25) is 5.91 Å². The predicted molar refractivity (Wildman–Crippen MR) is 99.2 cm³/mol. The Bertz CT molecular complexity index is 715. The van der Waals surface area contributed by atoms with Gasteiger partial charge < -0.3 is 20.5 Å². The van der Waals surface area contributed by atoms with E-state index in [2.05, 4.69) is 5.32 Å². The number of nitro benzene ring substituents is 1. The molecule has 3 atom stereocenters. The molecule has 2 amide bonds. The number of hydrogen-bond acceptors (Lipinski definition) is 6. The number of benzene rings is 1. The first-order chi connectivity index (χ1) is 12.3. The van der Waals surface area contributed by atoms with E-state index in [9.17, 15) is 19.7 Å². The van der Waals surface area contributed by atoms with Crippen LogP contribution in [0.4, 0.5) is 5.69 Å². The summed E-state index contributed by atoms with van der Waals surface area (Å²) in [6.45, 7) is 9.95. The number of primary amides is 1. The van der Waals surface area contributed by atoms with Crippen LogP contribution in [0.2, 0.25) is 0 Å². The molecular weight excluding hydrogens is 354 g/mol. The van der Waals surface area contributed by atoms with Crippen LogP contribution in [0.5, 0.6) is 5.75 Å². The molecule has 0 aliphatic rings. The topological polar surface area (TPSA) is 134 Å². The van der Waals surface area contributed by atoms with Crippen LogP contribution >= 0.6 is 0 Å². The fourth-order valence-corrected chi connectivity index (χ4v) is 2.32. The van der Waals surface area contributed by atoms with Crippen molar-refractivity contribution in [3.63, 3.8) is 0 Å². The Morgan fingerprint density at radius 1 is 1.19 bits per heavy atom. The number of carbonyl (C=O) groups is 2. The third-order valence-corrected chi connectivity index (χ3v) is 3.97. The molecule has 150 valence electrons. The predicted octanol–water partition coefficient (Wildman–Crippen LogP) is 1.93. The van der Waals surface area contributed by atoms with Gasteiger partial charge in [0.15, 0.2) is 11.9 Å². The molecule has 0 saturated heterocycles. The number of carbonyl (C=O) groups excluding carboxylic acids is 2. The standard InChI is InChI=1S/C18H27N3O6/c1-11(26-14-10-8-7-9-13(14)21(24)25)15(22)20-18(6,16(19)23)12(2)27-17(3,4)5/h7-12H,1-6H3,(H2,19,23)(H,20,22)/t11?,12-,18+/m1/s1. The minimum absolute atomic E-state index is 0.0510. The Hall–Kier alpha value is -2.68. The summed E-state index contributed by atoms with van der Waals surface area (Å²) in [7, 11) is 0. The molecule has 27 heavy (non-hydrogen) atoms. The van der Waals surface area contributed by atoms with E-state index in [1.54, 1.807) is 13.0 Å². The van der Waals surface area contributed by atoms with Crippen molar-refractivity contribution in [1.82, 2.24) is 5.32 Å². The molecule has 0 heterocycles. The summed E-state index contributed by atoms with van der Waals surface area (Å²) < 4.78 is 11.2. The van der Waals surface area contributed by atoms with E-state index in [1.165, 1.54) is 32.0 Å². The third-order valence-electron chi connectivity index (χ3n) is 3.97. The number of nitrogens with one attached hydrogen (secondary N) is 1. The first kappa shape index (κ1) is 22.4. The number of rotatable bonds is 8. The number of hydrogen-bond donors (Lipinski definition) is 2. The fraction of sp³-hybridized carbons (Fsp3) is 0.556. The zero-order valence-corrected chi connectivity index (χ0v) is 16.4. The molecule has 0 radical (unpaired) electrons. The second kappa shape index (κ2) is 8.34. The molecule has 1 aromatic carbocycles. The molecule has 1 rings (SSSR count). The van der Waals surface area contributed by atoms with Crippen molar-refractivity contribution >= 4 is 17.5 Å². The van der Waals surface area contributed by atoms with Gasteiger partial charge in [-0.3, -0.25) is 19.7 Å². The highest BCUT2D eigenvalue weighted by atomic mass is 16.6. The van der Waals surface area contributed by atoms with E-state index in [0.29, 0.717) is 0 Å². The lowest BCUT2D eigenvalue weighted by atomic mass is 9.93. The Labute approximate surface area is 158 Å². The Balaban J connectivity index is 2.97. The number of nitro groups is 1. The maximum atomic E-state index is 12.5. The maximum absolute atomic E-state index is 12.5. The van der Waals surface area contributed by atoms with E-state index in [-0.39, 0.29) is 11.4 Å². The summed E-state index contributed by atoms with van der Waals surface area (Å²) >= 11 is 0. The highest BCUT2D eigenvalue weighted by Gasteiger charge is 2.42. The van der Waals surface area contributed by atoms with Gasteiger partial charge in [-0.05, 0) is 47.6 Å². The quantitative estimate of drug-likeness (QED) is 0.522. The summed E-state index contributed by atoms with van der Waals surface area (Å²) in [5.41, 5.74) is 3.17. The average Bonchev–Trinajstić information content (AvgIpc) is 2.52. The lowest BCUT2D eigenvalue weighted by Gasteiger charge is -2.37. The van der Waals surface area contributed by atoms with E-state index in [0.717, 1.165) is 0 Å².